The molecule has 0 aliphatic rings. The van der Waals surface area contributed by atoms with Crippen LogP contribution in [0.4, 0.5) is 0 Å². The molecule has 21 heavy (non-hydrogen) atoms. The van der Waals surface area contributed by atoms with E-state index < -0.39 is 5.97 Å². The number of carbonyl (C=O) groups is 2. The van der Waals surface area contributed by atoms with Gasteiger partial charge >= 0.3 is 5.97 Å². The molecule has 1 amide bonds. The van der Waals surface area contributed by atoms with E-state index in [1.807, 2.05) is 12.3 Å². The van der Waals surface area contributed by atoms with Crippen molar-refractivity contribution >= 4 is 29.3 Å². The van der Waals surface area contributed by atoms with E-state index in [0.29, 0.717) is 5.56 Å². The Morgan fingerprint density at radius 3 is 2.86 bits per heavy atom. The van der Waals surface area contributed by atoms with Crippen LogP contribution in [0.3, 0.4) is 0 Å². The van der Waals surface area contributed by atoms with Gasteiger partial charge in [-0.1, -0.05) is 6.07 Å². The van der Waals surface area contributed by atoms with Crippen LogP contribution in [-0.2, 0) is 4.79 Å². The Labute approximate surface area is 125 Å². The summed E-state index contributed by atoms with van der Waals surface area (Å²) < 4.78 is 0. The maximum Gasteiger partial charge on any atom is 0.328 e. The number of nitrogens with one attached hydrogen (secondary N) is 1. The van der Waals surface area contributed by atoms with Crippen LogP contribution in [0.2, 0.25) is 0 Å². The first-order chi connectivity index (χ1) is 10.1. The monoisotopic (exact) mass is 303 g/mol. The number of aliphatic carboxylic acids is 1. The molecule has 0 saturated carbocycles. The number of hydrogen-bond donors (Lipinski definition) is 2. The highest BCUT2D eigenvalue weighted by atomic mass is 32.1. The van der Waals surface area contributed by atoms with E-state index in [1.54, 1.807) is 18.3 Å². The number of aromatic nitrogens is 2. The Morgan fingerprint density at radius 2 is 2.19 bits per heavy atom. The summed E-state index contributed by atoms with van der Waals surface area (Å²) in [7, 11) is 0. The second-order valence-electron chi connectivity index (χ2n) is 4.18. The summed E-state index contributed by atoms with van der Waals surface area (Å²) in [6.45, 7) is 1.83. The largest absolute Gasteiger partial charge is 0.478 e. The molecule has 2 aromatic rings. The third kappa shape index (κ3) is 3.96. The molecule has 0 bridgehead atoms. The van der Waals surface area contributed by atoms with Crippen LogP contribution in [0, 0.1) is 0 Å². The number of thiazole rings is 1. The molecule has 2 N–H and O–H groups in total. The van der Waals surface area contributed by atoms with Crippen molar-refractivity contribution in [3.8, 4) is 0 Å². The normalized spacial score (nSPS) is 12.2. The molecule has 0 aliphatic heterocycles. The van der Waals surface area contributed by atoms with Gasteiger partial charge in [0.25, 0.3) is 5.91 Å². The number of carboxylic acids is 1. The predicted molar refractivity (Wildman–Crippen MR) is 78.9 cm³/mol. The number of carbonyl (C=O) groups excluding carboxylic acids is 1. The SMILES string of the molecule is CC(NC(=O)c1ncccc1/C=C/C(=O)O)c1nccs1. The number of amides is 1. The van der Waals surface area contributed by atoms with Crippen LogP contribution in [0.1, 0.15) is 34.0 Å². The highest BCUT2D eigenvalue weighted by molar-refractivity contribution is 7.09. The zero-order chi connectivity index (χ0) is 15.2. The van der Waals surface area contributed by atoms with Crippen molar-refractivity contribution in [2.24, 2.45) is 0 Å². The van der Waals surface area contributed by atoms with Crippen LogP contribution >= 0.6 is 11.3 Å². The number of pyridine rings is 1. The Morgan fingerprint density at radius 1 is 1.38 bits per heavy atom. The highest BCUT2D eigenvalue weighted by Gasteiger charge is 2.16. The lowest BCUT2D eigenvalue weighted by atomic mass is 10.1. The maximum absolute atomic E-state index is 12.2. The van der Waals surface area contributed by atoms with Crippen molar-refractivity contribution in [3.05, 3.63) is 52.2 Å². The summed E-state index contributed by atoms with van der Waals surface area (Å²) in [6, 6.07) is 3.04. The molecule has 0 spiro atoms. The lowest BCUT2D eigenvalue weighted by Gasteiger charge is -2.11. The summed E-state index contributed by atoms with van der Waals surface area (Å²) >= 11 is 1.45. The molecule has 0 aliphatic carbocycles. The number of rotatable bonds is 5. The summed E-state index contributed by atoms with van der Waals surface area (Å²) in [6.07, 6.45) is 5.47. The fourth-order valence-corrected chi connectivity index (χ4v) is 2.32. The minimum Gasteiger partial charge on any atom is -0.478 e. The van der Waals surface area contributed by atoms with Gasteiger partial charge in [0.15, 0.2) is 0 Å². The zero-order valence-electron chi connectivity index (χ0n) is 11.2. The Kier molecular flexibility index (Phi) is 4.78. The molecule has 7 heteroatoms. The summed E-state index contributed by atoms with van der Waals surface area (Å²) in [5, 5.41) is 14.1. The molecule has 0 radical (unpaired) electrons. The van der Waals surface area contributed by atoms with Crippen LogP contribution < -0.4 is 5.32 Å². The first kappa shape index (κ1) is 14.9. The smallest absolute Gasteiger partial charge is 0.328 e. The van der Waals surface area contributed by atoms with Gasteiger partial charge in [-0.25, -0.2) is 9.78 Å². The summed E-state index contributed by atoms with van der Waals surface area (Å²) in [5.74, 6) is -1.45. The van der Waals surface area contributed by atoms with Gasteiger partial charge < -0.3 is 10.4 Å². The van der Waals surface area contributed by atoms with Crippen LogP contribution in [0.5, 0.6) is 0 Å². The van der Waals surface area contributed by atoms with Gasteiger partial charge in [0, 0.05) is 29.4 Å². The van der Waals surface area contributed by atoms with Crippen molar-refractivity contribution in [2.75, 3.05) is 0 Å². The molecule has 108 valence electrons. The zero-order valence-corrected chi connectivity index (χ0v) is 12.0. The van der Waals surface area contributed by atoms with Gasteiger partial charge in [0.05, 0.1) is 6.04 Å². The van der Waals surface area contributed by atoms with Gasteiger partial charge in [0.2, 0.25) is 0 Å². The topological polar surface area (TPSA) is 92.2 Å². The van der Waals surface area contributed by atoms with Crippen molar-refractivity contribution in [2.45, 2.75) is 13.0 Å². The quantitative estimate of drug-likeness (QED) is 0.825. The van der Waals surface area contributed by atoms with E-state index in [9.17, 15) is 9.59 Å². The first-order valence-electron chi connectivity index (χ1n) is 6.14. The summed E-state index contributed by atoms with van der Waals surface area (Å²) in [5.41, 5.74) is 0.627. The molecule has 2 aromatic heterocycles. The lowest BCUT2D eigenvalue weighted by molar-refractivity contribution is -0.131. The van der Waals surface area contributed by atoms with Crippen molar-refractivity contribution < 1.29 is 14.7 Å². The third-order valence-corrected chi connectivity index (χ3v) is 3.59. The number of carboxylic acid groups (broad SMARTS) is 1. The van der Waals surface area contributed by atoms with Crippen molar-refractivity contribution in [1.29, 1.82) is 0 Å². The van der Waals surface area contributed by atoms with E-state index >= 15 is 0 Å². The Hall–Kier alpha value is -2.54. The molecule has 1 atom stereocenters. The van der Waals surface area contributed by atoms with Crippen LogP contribution in [0.25, 0.3) is 6.08 Å². The molecule has 0 fully saturated rings. The minimum atomic E-state index is -1.08. The van der Waals surface area contributed by atoms with Gasteiger partial charge in [-0.2, -0.15) is 0 Å². The van der Waals surface area contributed by atoms with E-state index in [0.717, 1.165) is 11.1 Å². The average molecular weight is 303 g/mol. The first-order valence-corrected chi connectivity index (χ1v) is 7.02. The fraction of sp³-hybridized carbons (Fsp3) is 0.143. The molecule has 0 aromatic carbocycles. The van der Waals surface area contributed by atoms with E-state index in [2.05, 4.69) is 15.3 Å². The van der Waals surface area contributed by atoms with Gasteiger partial charge in [-0.05, 0) is 19.1 Å². The summed E-state index contributed by atoms with van der Waals surface area (Å²) in [4.78, 5) is 31.0. The minimum absolute atomic E-state index is 0.179. The van der Waals surface area contributed by atoms with Gasteiger partial charge in [-0.15, -0.1) is 11.3 Å². The van der Waals surface area contributed by atoms with E-state index in [1.165, 1.54) is 23.6 Å². The standard InChI is InChI=1S/C14H13N3O3S/c1-9(14-16-7-8-21-14)17-13(20)12-10(3-2-6-15-12)4-5-11(18)19/h2-9H,1H3,(H,17,20)(H,18,19)/b5-4+. The Balaban J connectivity index is 2.17. The average Bonchev–Trinajstić information content (AvgIpc) is 2.99. The van der Waals surface area contributed by atoms with Crippen LogP contribution in [-0.4, -0.2) is 27.0 Å². The number of nitrogens with zero attached hydrogens (tertiary/aromatic N) is 2. The van der Waals surface area contributed by atoms with E-state index in [-0.39, 0.29) is 17.6 Å². The second-order valence-corrected chi connectivity index (χ2v) is 5.10. The molecule has 1 unspecified atom stereocenters. The van der Waals surface area contributed by atoms with Gasteiger partial charge in [0.1, 0.15) is 10.7 Å². The van der Waals surface area contributed by atoms with E-state index in [4.69, 9.17) is 5.11 Å². The van der Waals surface area contributed by atoms with Crippen molar-refractivity contribution in [1.82, 2.24) is 15.3 Å². The molecule has 2 heterocycles. The molecular formula is C14H13N3O3S. The highest BCUT2D eigenvalue weighted by Crippen LogP contribution is 2.16. The molecule has 0 saturated heterocycles. The lowest BCUT2D eigenvalue weighted by Crippen LogP contribution is -2.28. The third-order valence-electron chi connectivity index (χ3n) is 2.63. The predicted octanol–water partition coefficient (Wildman–Crippen LogP) is 2.13. The van der Waals surface area contributed by atoms with Crippen LogP contribution in [0.15, 0.2) is 36.0 Å². The maximum atomic E-state index is 12.2. The fourth-order valence-electron chi connectivity index (χ4n) is 1.68. The molecular weight excluding hydrogens is 290 g/mol. The molecule has 2 rings (SSSR count). The molecule has 6 nitrogen and oxygen atoms in total. The van der Waals surface area contributed by atoms with Crippen molar-refractivity contribution in [3.63, 3.8) is 0 Å². The number of hydrogen-bond acceptors (Lipinski definition) is 5. The van der Waals surface area contributed by atoms with Gasteiger partial charge in [-0.3, -0.25) is 9.78 Å². The Bertz CT molecular complexity index is 668. The second kappa shape index (κ2) is 6.76.